The van der Waals surface area contributed by atoms with Crippen molar-refractivity contribution < 1.29 is 4.74 Å². The van der Waals surface area contributed by atoms with Crippen LogP contribution in [0.4, 0.5) is 0 Å². The zero-order valence-corrected chi connectivity index (χ0v) is 22.1. The molecule has 1 atom stereocenters. The molecule has 1 aliphatic heterocycles. The number of aromatic nitrogens is 5. The number of nitrogens with zero attached hydrogens (tertiary/aromatic N) is 5. The van der Waals surface area contributed by atoms with Crippen molar-refractivity contribution in [2.24, 2.45) is 5.92 Å². The molecule has 1 N–H and O–H groups in total. The Labute approximate surface area is 212 Å². The molecule has 8 heteroatoms. The molecule has 1 aromatic carbocycles. The number of likely N-dealkylation sites (tertiary alicyclic amines) is 1. The molecule has 0 bridgehead atoms. The second-order valence-electron chi connectivity index (χ2n) is 10.5. The lowest BCUT2D eigenvalue weighted by Crippen LogP contribution is -2.41. The van der Waals surface area contributed by atoms with Crippen LogP contribution in [-0.4, -0.2) is 55.8 Å². The zero-order chi connectivity index (χ0) is 25.4. The van der Waals surface area contributed by atoms with E-state index in [9.17, 15) is 4.79 Å². The Bertz CT molecular complexity index is 1410. The Kier molecular flexibility index (Phi) is 6.88. The quantitative estimate of drug-likeness (QED) is 0.365. The SMILES string of the molecule is CCC(CC)CN1CCCC(n2c(=O)[nH]c3cc(-c4cc(OC)c5ncnn5c4)c(C(C)C)cc32)C1. The van der Waals surface area contributed by atoms with Crippen LogP contribution in [0, 0.1) is 5.92 Å². The van der Waals surface area contributed by atoms with Crippen LogP contribution in [0.1, 0.15) is 70.9 Å². The molecule has 4 heterocycles. The van der Waals surface area contributed by atoms with Crippen LogP contribution in [0.5, 0.6) is 5.75 Å². The molecule has 4 aromatic rings. The van der Waals surface area contributed by atoms with Gasteiger partial charge in [0.1, 0.15) is 6.33 Å². The summed E-state index contributed by atoms with van der Waals surface area (Å²) in [5.74, 6) is 1.67. The maximum atomic E-state index is 13.3. The van der Waals surface area contributed by atoms with E-state index in [4.69, 9.17) is 4.74 Å². The highest BCUT2D eigenvalue weighted by molar-refractivity contribution is 5.85. The molecule has 1 fully saturated rings. The van der Waals surface area contributed by atoms with E-state index < -0.39 is 0 Å². The number of hydrogen-bond acceptors (Lipinski definition) is 5. The minimum atomic E-state index is -0.0180. The Morgan fingerprint density at radius 2 is 2.00 bits per heavy atom. The fourth-order valence-electron chi connectivity index (χ4n) is 5.79. The minimum absolute atomic E-state index is 0.0180. The van der Waals surface area contributed by atoms with E-state index in [1.807, 2.05) is 16.8 Å². The molecule has 0 amide bonds. The van der Waals surface area contributed by atoms with Gasteiger partial charge in [0.2, 0.25) is 0 Å². The number of piperidine rings is 1. The van der Waals surface area contributed by atoms with Gasteiger partial charge in [0.15, 0.2) is 11.4 Å². The summed E-state index contributed by atoms with van der Waals surface area (Å²) in [7, 11) is 1.65. The van der Waals surface area contributed by atoms with Gasteiger partial charge in [-0.05, 0) is 60.5 Å². The van der Waals surface area contributed by atoms with Crippen molar-refractivity contribution >= 4 is 16.7 Å². The van der Waals surface area contributed by atoms with Gasteiger partial charge < -0.3 is 14.6 Å². The van der Waals surface area contributed by atoms with Crippen molar-refractivity contribution in [3.05, 3.63) is 46.8 Å². The molecule has 0 saturated carbocycles. The van der Waals surface area contributed by atoms with E-state index in [2.05, 4.69) is 59.8 Å². The maximum absolute atomic E-state index is 13.3. The van der Waals surface area contributed by atoms with Gasteiger partial charge >= 0.3 is 5.69 Å². The van der Waals surface area contributed by atoms with Gasteiger partial charge in [-0.15, -0.1) is 0 Å². The summed E-state index contributed by atoms with van der Waals surface area (Å²) in [4.78, 5) is 23.3. The summed E-state index contributed by atoms with van der Waals surface area (Å²) >= 11 is 0. The second kappa shape index (κ2) is 10.1. The number of pyridine rings is 1. The summed E-state index contributed by atoms with van der Waals surface area (Å²) < 4.78 is 9.36. The summed E-state index contributed by atoms with van der Waals surface area (Å²) in [6, 6.07) is 6.52. The van der Waals surface area contributed by atoms with Crippen LogP contribution < -0.4 is 10.4 Å². The van der Waals surface area contributed by atoms with Crippen molar-refractivity contribution in [3.63, 3.8) is 0 Å². The van der Waals surface area contributed by atoms with Gasteiger partial charge in [-0.25, -0.2) is 14.3 Å². The second-order valence-corrected chi connectivity index (χ2v) is 10.5. The molecule has 0 radical (unpaired) electrons. The van der Waals surface area contributed by atoms with Crippen molar-refractivity contribution in [1.82, 2.24) is 29.0 Å². The van der Waals surface area contributed by atoms with E-state index in [0.29, 0.717) is 11.4 Å². The van der Waals surface area contributed by atoms with E-state index in [1.165, 1.54) is 24.7 Å². The lowest BCUT2D eigenvalue weighted by molar-refractivity contribution is 0.151. The third-order valence-electron chi connectivity index (χ3n) is 7.90. The van der Waals surface area contributed by atoms with Crippen molar-refractivity contribution in [3.8, 4) is 16.9 Å². The predicted octanol–water partition coefficient (Wildman–Crippen LogP) is 5.24. The van der Waals surface area contributed by atoms with Crippen LogP contribution in [0.15, 0.2) is 35.5 Å². The first-order valence-electron chi connectivity index (χ1n) is 13.3. The van der Waals surface area contributed by atoms with Crippen molar-refractivity contribution in [2.75, 3.05) is 26.7 Å². The van der Waals surface area contributed by atoms with E-state index >= 15 is 0 Å². The van der Waals surface area contributed by atoms with Crippen molar-refractivity contribution in [2.45, 2.75) is 65.3 Å². The number of ether oxygens (including phenoxy) is 1. The van der Waals surface area contributed by atoms with E-state index in [1.54, 1.807) is 11.6 Å². The maximum Gasteiger partial charge on any atom is 0.326 e. The van der Waals surface area contributed by atoms with E-state index in [-0.39, 0.29) is 17.6 Å². The molecular weight excluding hydrogens is 452 g/mol. The van der Waals surface area contributed by atoms with Crippen LogP contribution in [0.25, 0.3) is 27.8 Å². The predicted molar refractivity (Wildman–Crippen MR) is 144 cm³/mol. The van der Waals surface area contributed by atoms with Crippen LogP contribution in [0.2, 0.25) is 0 Å². The molecule has 5 rings (SSSR count). The van der Waals surface area contributed by atoms with E-state index in [0.717, 1.165) is 60.6 Å². The first-order chi connectivity index (χ1) is 17.4. The average Bonchev–Trinajstić information content (AvgIpc) is 3.49. The molecule has 36 heavy (non-hydrogen) atoms. The number of methoxy groups -OCH3 is 1. The van der Waals surface area contributed by atoms with Gasteiger partial charge in [0.25, 0.3) is 0 Å². The summed E-state index contributed by atoms with van der Waals surface area (Å²) in [6.07, 6.45) is 8.07. The number of aromatic amines is 1. The molecular formula is C28H38N6O2. The summed E-state index contributed by atoms with van der Waals surface area (Å²) in [5.41, 5.74) is 5.78. The first-order valence-corrected chi connectivity index (χ1v) is 13.3. The number of nitrogens with one attached hydrogen (secondary N) is 1. The molecule has 1 aliphatic rings. The van der Waals surface area contributed by atoms with Gasteiger partial charge in [-0.2, -0.15) is 5.10 Å². The lowest BCUT2D eigenvalue weighted by Gasteiger charge is -2.35. The van der Waals surface area contributed by atoms with Crippen LogP contribution in [0.3, 0.4) is 0 Å². The highest BCUT2D eigenvalue weighted by atomic mass is 16.5. The van der Waals surface area contributed by atoms with Gasteiger partial charge in [-0.1, -0.05) is 40.5 Å². The van der Waals surface area contributed by atoms with Gasteiger partial charge in [0.05, 0.1) is 24.2 Å². The number of imidazole rings is 1. The molecule has 0 spiro atoms. The fraction of sp³-hybridized carbons (Fsp3) is 0.536. The molecule has 8 nitrogen and oxygen atoms in total. The fourth-order valence-corrected chi connectivity index (χ4v) is 5.79. The standard InChI is InChI=1S/C28H38N6O2/c1-6-19(7-2)14-32-10-8-9-21(16-32)34-25-13-22(18(3)4)23(12-24(25)31-28(34)35)20-11-26(36-5)27-29-17-30-33(27)15-20/h11-13,15,17-19,21H,6-10,14,16H2,1-5H3,(H,31,35). The molecule has 0 aliphatic carbocycles. The Hall–Kier alpha value is -3.13. The highest BCUT2D eigenvalue weighted by Crippen LogP contribution is 2.36. The lowest BCUT2D eigenvalue weighted by atomic mass is 9.92. The first kappa shape index (κ1) is 24.6. The van der Waals surface area contributed by atoms with Crippen LogP contribution in [-0.2, 0) is 0 Å². The largest absolute Gasteiger partial charge is 0.493 e. The monoisotopic (exact) mass is 490 g/mol. The third kappa shape index (κ3) is 4.43. The number of fused-ring (bicyclic) bond motifs is 2. The summed E-state index contributed by atoms with van der Waals surface area (Å²) in [5, 5.41) is 4.33. The van der Waals surface area contributed by atoms with Crippen molar-refractivity contribution in [1.29, 1.82) is 0 Å². The number of hydrogen-bond donors (Lipinski definition) is 1. The molecule has 1 unspecified atom stereocenters. The van der Waals surface area contributed by atoms with Crippen LogP contribution >= 0.6 is 0 Å². The Morgan fingerprint density at radius 1 is 1.19 bits per heavy atom. The number of H-pyrrole nitrogens is 1. The normalized spacial score (nSPS) is 17.1. The smallest absolute Gasteiger partial charge is 0.326 e. The zero-order valence-electron chi connectivity index (χ0n) is 22.1. The molecule has 192 valence electrons. The minimum Gasteiger partial charge on any atom is -0.493 e. The number of rotatable bonds is 8. The molecule has 1 saturated heterocycles. The topological polar surface area (TPSA) is 80.5 Å². The average molecular weight is 491 g/mol. The molecule has 3 aromatic heterocycles. The number of benzene rings is 1. The van der Waals surface area contributed by atoms with Gasteiger partial charge in [0, 0.05) is 24.8 Å². The van der Waals surface area contributed by atoms with Gasteiger partial charge in [-0.3, -0.25) is 4.57 Å². The highest BCUT2D eigenvalue weighted by Gasteiger charge is 2.26. The third-order valence-corrected chi connectivity index (χ3v) is 7.90. The Balaban J connectivity index is 1.57. The Morgan fingerprint density at radius 3 is 2.72 bits per heavy atom. The summed E-state index contributed by atoms with van der Waals surface area (Å²) in [6.45, 7) is 12.1.